The van der Waals surface area contributed by atoms with Crippen LogP contribution in [0.2, 0.25) is 0 Å². The summed E-state index contributed by atoms with van der Waals surface area (Å²) in [4.78, 5) is 11.7. The number of ether oxygens (including phenoxy) is 1. The monoisotopic (exact) mass is 278 g/mol. The fourth-order valence-electron chi connectivity index (χ4n) is 1.67. The summed E-state index contributed by atoms with van der Waals surface area (Å²) in [6.07, 6.45) is 4.91. The van der Waals surface area contributed by atoms with Gasteiger partial charge in [-0.2, -0.15) is 0 Å². The minimum Gasteiger partial charge on any atom is -0.465 e. The van der Waals surface area contributed by atoms with Crippen molar-refractivity contribution in [2.75, 3.05) is 12.4 Å². The van der Waals surface area contributed by atoms with E-state index in [0.29, 0.717) is 13.0 Å². The smallest absolute Gasteiger partial charge is 0.319 e. The van der Waals surface area contributed by atoms with Gasteiger partial charge in [-0.1, -0.05) is 26.2 Å². The Morgan fingerprint density at radius 2 is 1.94 bits per heavy atom. The molecular weight excluding hydrogens is 251 g/mol. The van der Waals surface area contributed by atoms with E-state index in [0.717, 1.165) is 37.9 Å². The van der Waals surface area contributed by atoms with Gasteiger partial charge in [0.1, 0.15) is 5.25 Å². The van der Waals surface area contributed by atoms with Gasteiger partial charge in [0.05, 0.1) is 12.8 Å². The van der Waals surface area contributed by atoms with Gasteiger partial charge < -0.3 is 4.74 Å². The zero-order chi connectivity index (χ0) is 13.8. The van der Waals surface area contributed by atoms with Crippen LogP contribution in [0, 0.1) is 0 Å². The number of esters is 1. The van der Waals surface area contributed by atoms with Crippen molar-refractivity contribution in [3.63, 3.8) is 0 Å². The summed E-state index contributed by atoms with van der Waals surface area (Å²) >= 11 is 1.62. The molecule has 18 heavy (non-hydrogen) atoms. The second-order valence-corrected chi connectivity index (χ2v) is 5.84. The molecule has 0 aliphatic rings. The van der Waals surface area contributed by atoms with Gasteiger partial charge in [0.15, 0.2) is 0 Å². The normalized spacial score (nSPS) is 14.2. The van der Waals surface area contributed by atoms with Crippen LogP contribution < -0.4 is 0 Å². The maximum absolute atomic E-state index is 12.7. The van der Waals surface area contributed by atoms with E-state index in [-0.39, 0.29) is 11.2 Å². The van der Waals surface area contributed by atoms with Crippen LogP contribution in [0.5, 0.6) is 0 Å². The molecule has 0 aromatic heterocycles. The van der Waals surface area contributed by atoms with E-state index >= 15 is 0 Å². The number of carbonyl (C=O) groups is 1. The van der Waals surface area contributed by atoms with Crippen LogP contribution in [0.15, 0.2) is 0 Å². The van der Waals surface area contributed by atoms with E-state index in [1.54, 1.807) is 18.7 Å². The molecule has 0 heterocycles. The SMILES string of the molecule is CCCCCC(SCCCC(C)F)C(=O)OCC. The summed E-state index contributed by atoms with van der Waals surface area (Å²) in [5.41, 5.74) is 0. The van der Waals surface area contributed by atoms with Gasteiger partial charge in [-0.05, 0) is 38.9 Å². The highest BCUT2D eigenvalue weighted by Gasteiger charge is 2.19. The highest BCUT2D eigenvalue weighted by molar-refractivity contribution is 8.00. The molecule has 0 amide bonds. The third-order valence-corrected chi connectivity index (χ3v) is 4.04. The summed E-state index contributed by atoms with van der Waals surface area (Å²) in [5, 5.41) is -0.0635. The van der Waals surface area contributed by atoms with Gasteiger partial charge in [0, 0.05) is 0 Å². The maximum Gasteiger partial charge on any atom is 0.319 e. The number of unbranched alkanes of at least 4 members (excludes halogenated alkanes) is 2. The second kappa shape index (κ2) is 11.8. The van der Waals surface area contributed by atoms with Crippen LogP contribution in [0.3, 0.4) is 0 Å². The van der Waals surface area contributed by atoms with Gasteiger partial charge in [0.2, 0.25) is 0 Å². The lowest BCUT2D eigenvalue weighted by Crippen LogP contribution is -2.21. The second-order valence-electron chi connectivity index (χ2n) is 4.53. The molecule has 108 valence electrons. The van der Waals surface area contributed by atoms with Crippen molar-refractivity contribution < 1.29 is 13.9 Å². The van der Waals surface area contributed by atoms with Crippen molar-refractivity contribution in [1.29, 1.82) is 0 Å². The summed E-state index contributed by atoms with van der Waals surface area (Å²) in [7, 11) is 0. The third kappa shape index (κ3) is 9.75. The van der Waals surface area contributed by atoms with Crippen LogP contribution in [-0.4, -0.2) is 29.8 Å². The van der Waals surface area contributed by atoms with E-state index < -0.39 is 6.17 Å². The molecule has 0 aromatic carbocycles. The zero-order valence-corrected chi connectivity index (χ0v) is 12.7. The topological polar surface area (TPSA) is 26.3 Å². The van der Waals surface area contributed by atoms with Crippen molar-refractivity contribution in [2.24, 2.45) is 0 Å². The fourth-order valence-corrected chi connectivity index (χ4v) is 2.83. The molecule has 0 aromatic rings. The predicted octanol–water partition coefficient (Wildman–Crippen LogP) is 4.37. The van der Waals surface area contributed by atoms with Gasteiger partial charge in [0.25, 0.3) is 0 Å². The highest BCUT2D eigenvalue weighted by Crippen LogP contribution is 2.21. The van der Waals surface area contributed by atoms with Crippen LogP contribution in [0.4, 0.5) is 4.39 Å². The highest BCUT2D eigenvalue weighted by atomic mass is 32.2. The van der Waals surface area contributed by atoms with E-state index in [2.05, 4.69) is 6.92 Å². The van der Waals surface area contributed by atoms with E-state index in [9.17, 15) is 9.18 Å². The van der Waals surface area contributed by atoms with E-state index in [1.807, 2.05) is 6.92 Å². The number of thioether (sulfide) groups is 1. The first-order valence-electron chi connectivity index (χ1n) is 7.04. The lowest BCUT2D eigenvalue weighted by molar-refractivity contribution is -0.142. The summed E-state index contributed by atoms with van der Waals surface area (Å²) < 4.78 is 17.7. The molecule has 2 nitrogen and oxygen atoms in total. The average molecular weight is 278 g/mol. The molecule has 0 saturated carbocycles. The number of carbonyl (C=O) groups excluding carboxylic acids is 1. The Kier molecular flexibility index (Phi) is 11.7. The number of alkyl halides is 1. The molecule has 0 N–H and O–H groups in total. The van der Waals surface area contributed by atoms with E-state index in [1.165, 1.54) is 0 Å². The molecule has 0 rings (SSSR count). The first-order valence-corrected chi connectivity index (χ1v) is 8.09. The Bertz CT molecular complexity index is 210. The molecule has 0 spiro atoms. The van der Waals surface area contributed by atoms with Crippen LogP contribution in [-0.2, 0) is 9.53 Å². The number of hydrogen-bond donors (Lipinski definition) is 0. The molecule has 4 heteroatoms. The summed E-state index contributed by atoms with van der Waals surface area (Å²) in [6.45, 7) is 5.99. The number of rotatable bonds is 11. The Labute approximate surface area is 115 Å². The lowest BCUT2D eigenvalue weighted by atomic mass is 10.1. The Hall–Kier alpha value is -0.250. The predicted molar refractivity (Wildman–Crippen MR) is 76.8 cm³/mol. The van der Waals surface area contributed by atoms with Crippen molar-refractivity contribution in [3.8, 4) is 0 Å². The molecule has 0 aliphatic carbocycles. The van der Waals surface area contributed by atoms with Gasteiger partial charge in [-0.3, -0.25) is 4.79 Å². The molecular formula is C14H27FO2S. The van der Waals surface area contributed by atoms with E-state index in [4.69, 9.17) is 4.74 Å². The minimum atomic E-state index is -0.744. The molecule has 0 fully saturated rings. The van der Waals surface area contributed by atoms with Gasteiger partial charge >= 0.3 is 5.97 Å². The Morgan fingerprint density at radius 1 is 1.22 bits per heavy atom. The first-order chi connectivity index (χ1) is 8.61. The lowest BCUT2D eigenvalue weighted by Gasteiger charge is -2.15. The quantitative estimate of drug-likeness (QED) is 0.415. The summed E-state index contributed by atoms with van der Waals surface area (Å²) in [5.74, 6) is 0.732. The molecule has 0 saturated heterocycles. The molecule has 2 atom stereocenters. The first kappa shape index (κ1) is 17.8. The summed E-state index contributed by atoms with van der Waals surface area (Å²) in [6, 6.07) is 0. The molecule has 0 aliphatic heterocycles. The van der Waals surface area contributed by atoms with Crippen molar-refractivity contribution >= 4 is 17.7 Å². The largest absolute Gasteiger partial charge is 0.465 e. The van der Waals surface area contributed by atoms with Gasteiger partial charge in [-0.15, -0.1) is 11.8 Å². The van der Waals surface area contributed by atoms with Crippen LogP contribution >= 0.6 is 11.8 Å². The minimum absolute atomic E-state index is 0.0635. The van der Waals surface area contributed by atoms with Gasteiger partial charge in [-0.25, -0.2) is 4.39 Å². The zero-order valence-electron chi connectivity index (χ0n) is 11.9. The van der Waals surface area contributed by atoms with Crippen molar-refractivity contribution in [3.05, 3.63) is 0 Å². The number of halogens is 1. The average Bonchev–Trinajstić information content (AvgIpc) is 2.32. The third-order valence-electron chi connectivity index (χ3n) is 2.68. The Balaban J connectivity index is 3.92. The molecule has 2 unspecified atom stereocenters. The fraction of sp³-hybridized carbons (Fsp3) is 0.929. The molecule has 0 bridgehead atoms. The van der Waals surface area contributed by atoms with Crippen molar-refractivity contribution in [2.45, 2.75) is 70.7 Å². The van der Waals surface area contributed by atoms with Crippen LogP contribution in [0.25, 0.3) is 0 Å². The van der Waals surface area contributed by atoms with Crippen LogP contribution in [0.1, 0.15) is 59.3 Å². The Morgan fingerprint density at radius 3 is 2.50 bits per heavy atom. The standard InChI is InChI=1S/C14H27FO2S/c1-4-6-7-10-13(14(16)17-5-2)18-11-8-9-12(3)15/h12-13H,4-11H2,1-3H3. The maximum atomic E-state index is 12.7. The number of hydrogen-bond acceptors (Lipinski definition) is 3. The molecule has 0 radical (unpaired) electrons. The van der Waals surface area contributed by atoms with Crippen molar-refractivity contribution in [1.82, 2.24) is 0 Å².